The van der Waals surface area contributed by atoms with E-state index in [2.05, 4.69) is 0 Å². The molecule has 0 saturated carbocycles. The van der Waals surface area contributed by atoms with Crippen molar-refractivity contribution in [2.75, 3.05) is 7.11 Å². The SMILES string of the molecule is COc1ccc([C@@H](O)C/C=C\F)cc1. The first-order valence-electron chi connectivity index (χ1n) is 4.35. The maximum absolute atomic E-state index is 11.7. The average Bonchev–Trinajstić information content (AvgIpc) is 2.26. The maximum atomic E-state index is 11.7. The highest BCUT2D eigenvalue weighted by atomic mass is 19.1. The number of benzene rings is 1. The van der Waals surface area contributed by atoms with E-state index in [0.29, 0.717) is 6.33 Å². The lowest BCUT2D eigenvalue weighted by atomic mass is 10.1. The molecule has 1 aromatic carbocycles. The second kappa shape index (κ2) is 5.40. The van der Waals surface area contributed by atoms with Gasteiger partial charge in [-0.3, -0.25) is 0 Å². The molecule has 1 N–H and O–H groups in total. The monoisotopic (exact) mass is 196 g/mol. The lowest BCUT2D eigenvalue weighted by molar-refractivity contribution is 0.181. The molecule has 0 spiro atoms. The van der Waals surface area contributed by atoms with Crippen molar-refractivity contribution in [3.05, 3.63) is 42.2 Å². The summed E-state index contributed by atoms with van der Waals surface area (Å²) in [5, 5.41) is 9.56. The summed E-state index contributed by atoms with van der Waals surface area (Å²) < 4.78 is 16.7. The molecule has 1 aromatic rings. The molecule has 2 nitrogen and oxygen atoms in total. The van der Waals surface area contributed by atoms with Crippen LogP contribution in [0.15, 0.2) is 36.7 Å². The highest BCUT2D eigenvalue weighted by Gasteiger charge is 2.04. The van der Waals surface area contributed by atoms with Crippen LogP contribution in [0.2, 0.25) is 0 Å². The predicted octanol–water partition coefficient (Wildman–Crippen LogP) is 2.60. The molecule has 0 radical (unpaired) electrons. The Morgan fingerprint density at radius 2 is 2.07 bits per heavy atom. The highest BCUT2D eigenvalue weighted by molar-refractivity contribution is 5.28. The third kappa shape index (κ3) is 2.85. The molecule has 0 aliphatic heterocycles. The van der Waals surface area contributed by atoms with Gasteiger partial charge in [0.25, 0.3) is 0 Å². The Morgan fingerprint density at radius 3 is 2.57 bits per heavy atom. The van der Waals surface area contributed by atoms with Crippen molar-refractivity contribution in [1.29, 1.82) is 0 Å². The molecular weight excluding hydrogens is 183 g/mol. The second-order valence-electron chi connectivity index (χ2n) is 2.89. The minimum atomic E-state index is -0.659. The van der Waals surface area contributed by atoms with Crippen LogP contribution < -0.4 is 4.74 Å². The van der Waals surface area contributed by atoms with Crippen LogP contribution in [0, 0.1) is 0 Å². The molecule has 0 heterocycles. The van der Waals surface area contributed by atoms with Gasteiger partial charge in [0.05, 0.1) is 19.5 Å². The van der Waals surface area contributed by atoms with Gasteiger partial charge in [-0.1, -0.05) is 18.2 Å². The van der Waals surface area contributed by atoms with Crippen molar-refractivity contribution < 1.29 is 14.2 Å². The fourth-order valence-electron chi connectivity index (χ4n) is 1.14. The molecule has 1 rings (SSSR count). The van der Waals surface area contributed by atoms with Crippen LogP contribution in [0.1, 0.15) is 18.1 Å². The lowest BCUT2D eigenvalue weighted by Crippen LogP contribution is -1.95. The van der Waals surface area contributed by atoms with Gasteiger partial charge in [-0.05, 0) is 24.1 Å². The first-order chi connectivity index (χ1) is 6.77. The van der Waals surface area contributed by atoms with Crippen molar-refractivity contribution in [2.45, 2.75) is 12.5 Å². The zero-order valence-electron chi connectivity index (χ0n) is 7.98. The van der Waals surface area contributed by atoms with Crippen molar-refractivity contribution in [2.24, 2.45) is 0 Å². The molecule has 0 unspecified atom stereocenters. The van der Waals surface area contributed by atoms with Gasteiger partial charge >= 0.3 is 0 Å². The number of halogens is 1. The minimum Gasteiger partial charge on any atom is -0.497 e. The number of hydrogen-bond donors (Lipinski definition) is 1. The zero-order valence-corrected chi connectivity index (χ0v) is 7.98. The van der Waals surface area contributed by atoms with Gasteiger partial charge < -0.3 is 9.84 Å². The van der Waals surface area contributed by atoms with Crippen molar-refractivity contribution >= 4 is 0 Å². The molecular formula is C11H13FO2. The van der Waals surface area contributed by atoms with E-state index in [1.807, 2.05) is 0 Å². The van der Waals surface area contributed by atoms with E-state index in [-0.39, 0.29) is 6.42 Å². The van der Waals surface area contributed by atoms with Crippen LogP contribution in [0.25, 0.3) is 0 Å². The smallest absolute Gasteiger partial charge is 0.118 e. The number of hydrogen-bond acceptors (Lipinski definition) is 2. The highest BCUT2D eigenvalue weighted by Crippen LogP contribution is 2.20. The van der Waals surface area contributed by atoms with E-state index < -0.39 is 6.10 Å². The van der Waals surface area contributed by atoms with Crippen molar-refractivity contribution in [3.63, 3.8) is 0 Å². The predicted molar refractivity (Wildman–Crippen MR) is 52.8 cm³/mol. The molecule has 0 aliphatic rings. The average molecular weight is 196 g/mol. The van der Waals surface area contributed by atoms with E-state index in [9.17, 15) is 9.50 Å². The molecule has 76 valence electrons. The number of ether oxygens (including phenoxy) is 1. The van der Waals surface area contributed by atoms with E-state index in [4.69, 9.17) is 4.74 Å². The molecule has 3 heteroatoms. The van der Waals surface area contributed by atoms with Crippen LogP contribution in [0.5, 0.6) is 5.75 Å². The summed E-state index contributed by atoms with van der Waals surface area (Å²) in [6, 6.07) is 7.04. The Balaban J connectivity index is 2.66. The van der Waals surface area contributed by atoms with Gasteiger partial charge in [-0.2, -0.15) is 0 Å². The Bertz CT molecular complexity index is 293. The van der Waals surface area contributed by atoms with E-state index >= 15 is 0 Å². The lowest BCUT2D eigenvalue weighted by Gasteiger charge is -2.08. The van der Waals surface area contributed by atoms with Gasteiger partial charge in [0, 0.05) is 0 Å². The van der Waals surface area contributed by atoms with E-state index in [1.165, 1.54) is 6.08 Å². The molecule has 0 amide bonds. The molecule has 0 fully saturated rings. The fourth-order valence-corrected chi connectivity index (χ4v) is 1.14. The summed E-state index contributed by atoms with van der Waals surface area (Å²) in [6.07, 6.45) is 1.35. The topological polar surface area (TPSA) is 29.5 Å². The van der Waals surface area contributed by atoms with Crippen molar-refractivity contribution in [3.8, 4) is 5.75 Å². The molecule has 0 bridgehead atoms. The van der Waals surface area contributed by atoms with Gasteiger partial charge in [-0.25, -0.2) is 4.39 Å². The zero-order chi connectivity index (χ0) is 10.4. The molecule has 0 aromatic heterocycles. The fraction of sp³-hybridized carbons (Fsp3) is 0.273. The molecule has 0 saturated heterocycles. The number of rotatable bonds is 4. The normalized spacial score (nSPS) is 13.1. The largest absolute Gasteiger partial charge is 0.497 e. The van der Waals surface area contributed by atoms with Crippen molar-refractivity contribution in [1.82, 2.24) is 0 Å². The Kier molecular flexibility index (Phi) is 4.13. The van der Waals surface area contributed by atoms with Crippen LogP contribution in [0.4, 0.5) is 4.39 Å². The first-order valence-corrected chi connectivity index (χ1v) is 4.35. The Morgan fingerprint density at radius 1 is 1.43 bits per heavy atom. The molecule has 1 atom stereocenters. The Labute approximate surface area is 82.6 Å². The Hall–Kier alpha value is -1.35. The summed E-state index contributed by atoms with van der Waals surface area (Å²) in [6.45, 7) is 0. The summed E-state index contributed by atoms with van der Waals surface area (Å²) in [7, 11) is 1.58. The summed E-state index contributed by atoms with van der Waals surface area (Å²) in [4.78, 5) is 0. The molecule has 0 aliphatic carbocycles. The number of methoxy groups -OCH3 is 1. The van der Waals surface area contributed by atoms with Gasteiger partial charge in [0.15, 0.2) is 0 Å². The van der Waals surface area contributed by atoms with E-state index in [1.54, 1.807) is 31.4 Å². The third-order valence-corrected chi connectivity index (χ3v) is 1.95. The summed E-state index contributed by atoms with van der Waals surface area (Å²) in [5.74, 6) is 0.738. The molecule has 14 heavy (non-hydrogen) atoms. The quantitative estimate of drug-likeness (QED) is 0.802. The van der Waals surface area contributed by atoms with Crippen LogP contribution in [-0.4, -0.2) is 12.2 Å². The first kappa shape index (κ1) is 10.7. The third-order valence-electron chi connectivity index (χ3n) is 1.95. The van der Waals surface area contributed by atoms with E-state index in [0.717, 1.165) is 11.3 Å². The second-order valence-corrected chi connectivity index (χ2v) is 2.89. The number of aliphatic hydroxyl groups is 1. The van der Waals surface area contributed by atoms with Crippen LogP contribution >= 0.6 is 0 Å². The summed E-state index contributed by atoms with van der Waals surface area (Å²) >= 11 is 0. The maximum Gasteiger partial charge on any atom is 0.118 e. The van der Waals surface area contributed by atoms with Crippen LogP contribution in [0.3, 0.4) is 0 Å². The number of aliphatic hydroxyl groups excluding tert-OH is 1. The van der Waals surface area contributed by atoms with Crippen LogP contribution in [-0.2, 0) is 0 Å². The van der Waals surface area contributed by atoms with Gasteiger partial charge in [0.2, 0.25) is 0 Å². The summed E-state index contributed by atoms with van der Waals surface area (Å²) in [5.41, 5.74) is 0.754. The standard InChI is InChI=1S/C11H13FO2/c1-14-10-6-4-9(5-7-10)11(13)3-2-8-12/h2,4-8,11,13H,3H2,1H3/b8-2-/t11-/m0/s1. The minimum absolute atomic E-state index is 0.281. The van der Waals surface area contributed by atoms with Gasteiger partial charge in [-0.15, -0.1) is 0 Å². The van der Waals surface area contributed by atoms with Gasteiger partial charge in [0.1, 0.15) is 5.75 Å².